The fourth-order valence-electron chi connectivity index (χ4n) is 11.1. The van der Waals surface area contributed by atoms with Crippen LogP contribution in [0.4, 0.5) is 14.9 Å². The van der Waals surface area contributed by atoms with Gasteiger partial charge in [-0.25, -0.2) is 19.0 Å². The minimum absolute atomic E-state index is 0.00284. The van der Waals surface area contributed by atoms with Crippen LogP contribution in [0.3, 0.4) is 0 Å². The standard InChI is InChI=1S/C61H67FN10O13/c1-4-61(83)42-27-47-56-40(32-72(47)58(80)41(42)34-84-59(61)81)55-44(20-19-39-35(2)43(62)28-45(69-56)54(39)55)63-23-11-24-70(3)60(82)85-33-37-15-17-38(18-16-37)67-50(75)31-66-57(79)46(26-36-12-7-5-8-13-36)68-51(76)30-65-49(74)29-64-48(73)14-9-6-10-25-71-52(77)21-22-53(71)78/h5,7-8,12-13,15-18,21-22,27-28,44,46,63,83H,4,6,9-11,14,19-20,23-26,29-34H2,1-3H3,(H,64,73)(H,65,74)(H,66,79)(H,67,75)(H,68,76)/t44-,46-,61-/m0/s1. The number of pyridine rings is 2. The third-order valence-electron chi connectivity index (χ3n) is 15.8. The summed E-state index contributed by atoms with van der Waals surface area (Å²) in [5.41, 5.74) is 4.27. The van der Waals surface area contributed by atoms with Crippen molar-refractivity contribution in [1.29, 1.82) is 0 Å². The maximum atomic E-state index is 15.4. The molecule has 0 bridgehead atoms. The first kappa shape index (κ1) is 60.4. The number of aliphatic hydroxyl groups is 1. The molecule has 5 aromatic rings. The van der Waals surface area contributed by atoms with Crippen molar-refractivity contribution in [3.8, 4) is 11.4 Å². The monoisotopic (exact) mass is 1170 g/mol. The van der Waals surface area contributed by atoms with Crippen LogP contribution in [0, 0.1) is 12.7 Å². The molecule has 0 unspecified atom stereocenters. The Kier molecular flexibility index (Phi) is 18.9. The Bertz CT molecular complexity index is 3550. The number of cyclic esters (lactones) is 1. The molecule has 8 amide bonds. The highest BCUT2D eigenvalue weighted by Crippen LogP contribution is 2.46. The Morgan fingerprint density at radius 3 is 2.31 bits per heavy atom. The summed E-state index contributed by atoms with van der Waals surface area (Å²) in [5, 5.41) is 28.6. The fourth-order valence-corrected chi connectivity index (χ4v) is 11.1. The molecular weight excluding hydrogens is 1100 g/mol. The van der Waals surface area contributed by atoms with Crippen molar-refractivity contribution in [1.82, 2.24) is 45.9 Å². The van der Waals surface area contributed by atoms with Crippen LogP contribution in [0.15, 0.2) is 83.7 Å². The van der Waals surface area contributed by atoms with E-state index in [9.17, 15) is 53.1 Å². The number of benzene rings is 3. The first-order chi connectivity index (χ1) is 40.8. The molecule has 5 heterocycles. The summed E-state index contributed by atoms with van der Waals surface area (Å²) in [6.07, 6.45) is 5.40. The molecule has 7 N–H and O–H groups in total. The molecule has 446 valence electrons. The number of hydrogen-bond acceptors (Lipinski definition) is 15. The van der Waals surface area contributed by atoms with Crippen LogP contribution < -0.4 is 37.5 Å². The number of halogens is 1. The summed E-state index contributed by atoms with van der Waals surface area (Å²) in [5.74, 6) is -4.86. The molecule has 9 rings (SSSR count). The Morgan fingerprint density at radius 1 is 0.847 bits per heavy atom. The van der Waals surface area contributed by atoms with E-state index < -0.39 is 60.4 Å². The van der Waals surface area contributed by atoms with Gasteiger partial charge in [0.15, 0.2) is 5.60 Å². The molecule has 0 saturated carbocycles. The number of aryl methyl sites for hydroxylation is 1. The number of aromatic nitrogens is 2. The predicted octanol–water partition coefficient (Wildman–Crippen LogP) is 3.26. The Balaban J connectivity index is 0.703. The van der Waals surface area contributed by atoms with Gasteiger partial charge in [-0.15, -0.1) is 0 Å². The molecule has 0 saturated heterocycles. The second-order valence-corrected chi connectivity index (χ2v) is 21.5. The van der Waals surface area contributed by atoms with Crippen LogP contribution in [-0.2, 0) is 86.0 Å². The largest absolute Gasteiger partial charge is 0.458 e. The summed E-state index contributed by atoms with van der Waals surface area (Å²) in [6, 6.07) is 17.2. The van der Waals surface area contributed by atoms with E-state index in [4.69, 9.17) is 14.5 Å². The van der Waals surface area contributed by atoms with Crippen LogP contribution in [0.5, 0.6) is 0 Å². The van der Waals surface area contributed by atoms with E-state index in [1.54, 1.807) is 86.1 Å². The number of nitrogens with one attached hydrogen (secondary N) is 6. The lowest BCUT2D eigenvalue weighted by molar-refractivity contribution is -0.172. The molecular formula is C61H67FN10O13. The van der Waals surface area contributed by atoms with Crippen LogP contribution in [0.2, 0.25) is 0 Å². The fraction of sp³-hybridized carbons (Fsp3) is 0.393. The van der Waals surface area contributed by atoms with Crippen LogP contribution in [0.1, 0.15) is 102 Å². The Morgan fingerprint density at radius 2 is 1.56 bits per heavy atom. The summed E-state index contributed by atoms with van der Waals surface area (Å²) in [4.78, 5) is 135. The lowest BCUT2D eigenvalue weighted by atomic mass is 9.81. The number of carbonyl (C=O) groups excluding carboxylic acids is 9. The first-order valence-electron chi connectivity index (χ1n) is 28.3. The normalized spacial score (nSPS) is 16.6. The SMILES string of the molecule is CC[C@@]1(O)C(=O)OCc2c1cc1n(c2=O)Cc2c-1nc1cc(F)c(C)c3c1c2[C@@H](NCCCN(C)C(=O)OCc1ccc(NC(=O)CNC(=O)[C@H](Cc2ccccc2)NC(=O)CNC(=O)CNC(=O)CCCCCN2C(=O)C=CC2=O)cc1)CC3. The van der Waals surface area contributed by atoms with Crippen molar-refractivity contribution in [2.75, 3.05) is 51.6 Å². The van der Waals surface area contributed by atoms with Gasteiger partial charge in [0.05, 0.1) is 48.6 Å². The molecule has 0 radical (unpaired) electrons. The van der Waals surface area contributed by atoms with Gasteiger partial charge in [0, 0.05) is 79.4 Å². The molecule has 24 heteroatoms. The van der Waals surface area contributed by atoms with E-state index in [0.29, 0.717) is 85.3 Å². The van der Waals surface area contributed by atoms with Gasteiger partial charge in [0.2, 0.25) is 29.5 Å². The molecule has 3 aromatic carbocycles. The zero-order valence-corrected chi connectivity index (χ0v) is 47.4. The highest BCUT2D eigenvalue weighted by molar-refractivity contribution is 6.12. The molecule has 4 aliphatic rings. The summed E-state index contributed by atoms with van der Waals surface area (Å²) < 4.78 is 27.8. The number of amides is 8. The van der Waals surface area contributed by atoms with Crippen molar-refractivity contribution < 1.29 is 62.1 Å². The van der Waals surface area contributed by atoms with Crippen molar-refractivity contribution in [2.24, 2.45) is 0 Å². The van der Waals surface area contributed by atoms with E-state index in [2.05, 4.69) is 31.9 Å². The molecule has 3 aliphatic heterocycles. The topological polar surface area (TPSA) is 306 Å². The summed E-state index contributed by atoms with van der Waals surface area (Å²) >= 11 is 0. The molecule has 0 spiro atoms. The van der Waals surface area contributed by atoms with Gasteiger partial charge in [-0.3, -0.25) is 43.3 Å². The zero-order valence-electron chi connectivity index (χ0n) is 47.4. The molecule has 3 atom stereocenters. The highest BCUT2D eigenvalue weighted by atomic mass is 19.1. The zero-order chi connectivity index (χ0) is 60.5. The second kappa shape index (κ2) is 26.6. The highest BCUT2D eigenvalue weighted by Gasteiger charge is 2.46. The lowest BCUT2D eigenvalue weighted by Crippen LogP contribution is -2.52. The van der Waals surface area contributed by atoms with Gasteiger partial charge < -0.3 is 55.9 Å². The van der Waals surface area contributed by atoms with Crippen LogP contribution >= 0.6 is 0 Å². The van der Waals surface area contributed by atoms with Gasteiger partial charge >= 0.3 is 12.1 Å². The minimum atomic E-state index is -2.00. The average molecular weight is 1170 g/mol. The number of unbranched alkanes of at least 4 members (excludes halogenated alkanes) is 2. The van der Waals surface area contributed by atoms with Gasteiger partial charge in [0.25, 0.3) is 17.4 Å². The van der Waals surface area contributed by atoms with E-state index in [0.717, 1.165) is 32.5 Å². The number of carbonyl (C=O) groups is 9. The summed E-state index contributed by atoms with van der Waals surface area (Å²) in [7, 11) is 1.63. The third kappa shape index (κ3) is 13.8. The van der Waals surface area contributed by atoms with Gasteiger partial charge in [-0.1, -0.05) is 55.8 Å². The third-order valence-corrected chi connectivity index (χ3v) is 15.8. The van der Waals surface area contributed by atoms with Gasteiger partial charge in [-0.05, 0) is 98.0 Å². The van der Waals surface area contributed by atoms with Crippen molar-refractivity contribution in [3.63, 3.8) is 0 Å². The van der Waals surface area contributed by atoms with Crippen molar-refractivity contribution >= 4 is 70.0 Å². The molecule has 0 fully saturated rings. The minimum Gasteiger partial charge on any atom is -0.458 e. The molecule has 23 nitrogen and oxygen atoms in total. The second-order valence-electron chi connectivity index (χ2n) is 21.5. The molecule has 85 heavy (non-hydrogen) atoms. The van der Waals surface area contributed by atoms with Gasteiger partial charge in [0.1, 0.15) is 25.1 Å². The van der Waals surface area contributed by atoms with Gasteiger partial charge in [-0.2, -0.15) is 0 Å². The Labute approximate surface area is 488 Å². The number of hydrogen-bond donors (Lipinski definition) is 7. The number of anilines is 1. The van der Waals surface area contributed by atoms with Crippen LogP contribution in [0.25, 0.3) is 22.3 Å². The van der Waals surface area contributed by atoms with E-state index in [1.807, 2.05) is 0 Å². The number of rotatable bonds is 25. The number of ether oxygens (including phenoxy) is 2. The summed E-state index contributed by atoms with van der Waals surface area (Å²) in [6.45, 7) is 3.03. The maximum absolute atomic E-state index is 15.4. The first-order valence-corrected chi connectivity index (χ1v) is 28.3. The molecule has 2 aromatic heterocycles. The van der Waals surface area contributed by atoms with E-state index >= 15 is 4.39 Å². The number of imide groups is 1. The molecule has 1 aliphatic carbocycles. The number of nitrogens with zero attached hydrogens (tertiary/aromatic N) is 4. The predicted molar refractivity (Wildman–Crippen MR) is 306 cm³/mol. The maximum Gasteiger partial charge on any atom is 0.409 e. The smallest absolute Gasteiger partial charge is 0.409 e. The van der Waals surface area contributed by atoms with Crippen LogP contribution in [-0.4, -0.2) is 130 Å². The van der Waals surface area contributed by atoms with E-state index in [1.165, 1.54) is 23.1 Å². The Hall–Kier alpha value is -9.16. The number of esters is 1. The van der Waals surface area contributed by atoms with Crippen molar-refractivity contribution in [2.45, 2.75) is 109 Å². The number of fused-ring (bicyclic) bond motifs is 5. The van der Waals surface area contributed by atoms with E-state index in [-0.39, 0.29) is 98.4 Å². The lowest BCUT2D eigenvalue weighted by Gasteiger charge is -2.31. The average Bonchev–Trinajstić information content (AvgIpc) is 1.73. The van der Waals surface area contributed by atoms with Crippen molar-refractivity contribution in [3.05, 3.63) is 140 Å². The quantitative estimate of drug-likeness (QED) is 0.0246.